The molecule has 10 aromatic carbocycles. The average molecular weight is 789 g/mol. The molecule has 0 atom stereocenters. The number of nitrogens with zero attached hydrogens (tertiary/aromatic N) is 2. The molecule has 0 amide bonds. The van der Waals surface area contributed by atoms with Gasteiger partial charge in [-0.3, -0.25) is 0 Å². The molecule has 0 aliphatic heterocycles. The van der Waals surface area contributed by atoms with E-state index in [0.29, 0.717) is 5.69 Å². The molecule has 0 spiro atoms. The molecule has 11 rings (SSSR count). The molecule has 0 radical (unpaired) electrons. The highest BCUT2D eigenvalue weighted by molar-refractivity contribution is 7.27. The van der Waals surface area contributed by atoms with Gasteiger partial charge in [-0.2, -0.15) is 0 Å². The number of benzene rings is 10. The van der Waals surface area contributed by atoms with Gasteiger partial charge in [-0.15, -0.1) is 11.3 Å². The van der Waals surface area contributed by atoms with E-state index in [1.807, 2.05) is 78.1 Å². The van der Waals surface area contributed by atoms with Crippen molar-refractivity contribution in [2.75, 3.05) is 9.80 Å². The first-order valence-electron chi connectivity index (χ1n) is 20.2. The molecule has 0 fully saturated rings. The molecule has 0 aliphatic rings. The van der Waals surface area contributed by atoms with Gasteiger partial charge in [-0.1, -0.05) is 152 Å². The summed E-state index contributed by atoms with van der Waals surface area (Å²) in [6.45, 7) is 0. The van der Waals surface area contributed by atoms with Crippen LogP contribution in [0.5, 0.6) is 0 Å². The van der Waals surface area contributed by atoms with E-state index in [2.05, 4.69) is 161 Å². The Balaban J connectivity index is 1.13. The Morgan fingerprint density at radius 2 is 0.833 bits per heavy atom. The summed E-state index contributed by atoms with van der Waals surface area (Å²) in [5.74, 6) is -0.292. The highest BCUT2D eigenvalue weighted by Gasteiger charge is 2.24. The van der Waals surface area contributed by atoms with Crippen molar-refractivity contribution in [3.05, 3.63) is 230 Å². The van der Waals surface area contributed by atoms with E-state index in [1.165, 1.54) is 30.9 Å². The van der Waals surface area contributed by atoms with Gasteiger partial charge in [0.25, 0.3) is 0 Å². The van der Waals surface area contributed by atoms with Gasteiger partial charge in [-0.25, -0.2) is 4.39 Å². The molecule has 4 heteroatoms. The lowest BCUT2D eigenvalue weighted by Gasteiger charge is -2.29. The van der Waals surface area contributed by atoms with Gasteiger partial charge < -0.3 is 9.80 Å². The van der Waals surface area contributed by atoms with E-state index in [9.17, 15) is 0 Å². The minimum absolute atomic E-state index is 0.292. The number of hydrogen-bond acceptors (Lipinski definition) is 3. The zero-order valence-corrected chi connectivity index (χ0v) is 33.4. The Morgan fingerprint density at radius 1 is 0.333 bits per heavy atom. The normalized spacial score (nSPS) is 11.4. The van der Waals surface area contributed by atoms with Crippen molar-refractivity contribution < 1.29 is 4.39 Å². The fourth-order valence-corrected chi connectivity index (χ4v) is 10.0. The summed E-state index contributed by atoms with van der Waals surface area (Å²) in [6.07, 6.45) is 0. The fraction of sp³-hybridized carbons (Fsp3) is 0. The molecule has 2 nitrogen and oxygen atoms in total. The van der Waals surface area contributed by atoms with Crippen LogP contribution in [-0.2, 0) is 0 Å². The van der Waals surface area contributed by atoms with Gasteiger partial charge in [0.2, 0.25) is 0 Å². The molecule has 1 heterocycles. The Hall–Kier alpha value is -7.53. The predicted molar refractivity (Wildman–Crippen MR) is 255 cm³/mol. The Bertz CT molecular complexity index is 3270. The van der Waals surface area contributed by atoms with Crippen molar-refractivity contribution in [3.8, 4) is 22.3 Å². The largest absolute Gasteiger partial charge is 0.310 e. The first kappa shape index (κ1) is 35.6. The molecule has 11 aromatic rings. The van der Waals surface area contributed by atoms with E-state index < -0.39 is 0 Å². The van der Waals surface area contributed by atoms with Crippen LogP contribution < -0.4 is 9.80 Å². The van der Waals surface area contributed by atoms with Crippen molar-refractivity contribution in [1.82, 2.24) is 0 Å². The lowest BCUT2D eigenvalue weighted by molar-refractivity contribution is 0.630. The molecular weight excluding hydrogens is 752 g/mol. The topological polar surface area (TPSA) is 6.48 Å². The molecule has 0 unspecified atom stereocenters. The second-order valence-electron chi connectivity index (χ2n) is 15.0. The Labute approximate surface area is 352 Å². The standard InChI is InChI=1S/C56H37FN2S/c57-52-35-40(38-18-6-1-7-19-38)34-50(39-20-8-2-9-21-39)55(52)59(43-26-14-5-15-27-43)44-30-32-48-51(36-44)46-28-16-17-29-47(46)54-49-33-31-45(37-53(49)60-56(48)54)58(41-22-10-3-11-23-41)42-24-12-4-13-25-42/h1-37H. The number of thiophene rings is 1. The van der Waals surface area contributed by atoms with Gasteiger partial charge in [-0.05, 0) is 106 Å². The maximum absolute atomic E-state index is 17.3. The van der Waals surface area contributed by atoms with Crippen LogP contribution in [0.2, 0.25) is 0 Å². The lowest BCUT2D eigenvalue weighted by atomic mass is 9.94. The maximum atomic E-state index is 17.3. The molecule has 284 valence electrons. The first-order chi connectivity index (χ1) is 29.7. The van der Waals surface area contributed by atoms with Gasteiger partial charge in [0.1, 0.15) is 5.82 Å². The van der Waals surface area contributed by atoms with Crippen LogP contribution in [0.3, 0.4) is 0 Å². The highest BCUT2D eigenvalue weighted by atomic mass is 32.1. The molecule has 0 aliphatic carbocycles. The molecule has 0 saturated heterocycles. The monoisotopic (exact) mass is 788 g/mol. The van der Waals surface area contributed by atoms with Crippen LogP contribution in [-0.4, -0.2) is 0 Å². The van der Waals surface area contributed by atoms with E-state index in [-0.39, 0.29) is 5.82 Å². The summed E-state index contributed by atoms with van der Waals surface area (Å²) in [5, 5.41) is 7.17. The van der Waals surface area contributed by atoms with Crippen LogP contribution in [0, 0.1) is 5.82 Å². The molecule has 0 saturated carbocycles. The van der Waals surface area contributed by atoms with Crippen molar-refractivity contribution >= 4 is 87.2 Å². The number of hydrogen-bond donors (Lipinski definition) is 0. The SMILES string of the molecule is Fc1cc(-c2ccccc2)cc(-c2ccccc2)c1N(c1ccccc1)c1ccc2c(c1)c1ccccc1c1c3ccc(N(c4ccccc4)c4ccccc4)cc3sc21. The molecule has 0 bridgehead atoms. The minimum Gasteiger partial charge on any atom is -0.310 e. The summed E-state index contributed by atoms with van der Waals surface area (Å²) in [5.41, 5.74) is 9.15. The summed E-state index contributed by atoms with van der Waals surface area (Å²) < 4.78 is 19.7. The van der Waals surface area contributed by atoms with Crippen LogP contribution in [0.15, 0.2) is 224 Å². The number of rotatable bonds is 8. The molecular formula is C56H37FN2S. The summed E-state index contributed by atoms with van der Waals surface area (Å²) >= 11 is 1.84. The van der Waals surface area contributed by atoms with Crippen molar-refractivity contribution in [1.29, 1.82) is 0 Å². The fourth-order valence-electron chi connectivity index (χ4n) is 8.76. The van der Waals surface area contributed by atoms with Crippen molar-refractivity contribution in [2.45, 2.75) is 0 Å². The zero-order valence-electron chi connectivity index (χ0n) is 32.5. The third kappa shape index (κ3) is 6.17. The number of fused-ring (bicyclic) bond motifs is 8. The predicted octanol–water partition coefficient (Wildman–Crippen LogP) is 16.8. The maximum Gasteiger partial charge on any atom is 0.148 e. The van der Waals surface area contributed by atoms with Gasteiger partial charge in [0.15, 0.2) is 0 Å². The van der Waals surface area contributed by atoms with Crippen LogP contribution >= 0.6 is 11.3 Å². The molecule has 60 heavy (non-hydrogen) atoms. The Morgan fingerprint density at radius 3 is 1.45 bits per heavy atom. The van der Waals surface area contributed by atoms with Crippen LogP contribution in [0.25, 0.3) is 64.0 Å². The number of halogens is 1. The van der Waals surface area contributed by atoms with Crippen molar-refractivity contribution in [3.63, 3.8) is 0 Å². The quantitative estimate of drug-likeness (QED) is 0.142. The average Bonchev–Trinajstić information content (AvgIpc) is 3.71. The lowest BCUT2D eigenvalue weighted by Crippen LogP contribution is -2.13. The third-order valence-corrected chi connectivity index (χ3v) is 12.6. The van der Waals surface area contributed by atoms with Gasteiger partial charge in [0.05, 0.1) is 5.69 Å². The van der Waals surface area contributed by atoms with E-state index >= 15 is 4.39 Å². The Kier molecular flexibility index (Phi) is 8.91. The van der Waals surface area contributed by atoms with E-state index in [4.69, 9.17) is 0 Å². The molecule has 1 aromatic heterocycles. The summed E-state index contributed by atoms with van der Waals surface area (Å²) in [4.78, 5) is 4.41. The number of para-hydroxylation sites is 3. The minimum atomic E-state index is -0.292. The van der Waals surface area contributed by atoms with E-state index in [1.54, 1.807) is 6.07 Å². The highest BCUT2D eigenvalue weighted by Crippen LogP contribution is 2.49. The second kappa shape index (κ2) is 15.0. The van der Waals surface area contributed by atoms with Crippen LogP contribution in [0.4, 0.5) is 38.5 Å². The van der Waals surface area contributed by atoms with Crippen LogP contribution in [0.1, 0.15) is 0 Å². The zero-order chi connectivity index (χ0) is 40.0. The molecule has 0 N–H and O–H groups in total. The number of anilines is 6. The third-order valence-electron chi connectivity index (χ3n) is 11.4. The van der Waals surface area contributed by atoms with Crippen molar-refractivity contribution in [2.24, 2.45) is 0 Å². The van der Waals surface area contributed by atoms with Gasteiger partial charge in [0, 0.05) is 59.6 Å². The van der Waals surface area contributed by atoms with Gasteiger partial charge >= 0.3 is 0 Å². The smallest absolute Gasteiger partial charge is 0.148 e. The summed E-state index contributed by atoms with van der Waals surface area (Å²) in [6, 6.07) is 77.5. The van der Waals surface area contributed by atoms with E-state index in [0.717, 1.165) is 61.5 Å². The second-order valence-corrected chi connectivity index (χ2v) is 16.1. The summed E-state index contributed by atoms with van der Waals surface area (Å²) in [7, 11) is 0. The first-order valence-corrected chi connectivity index (χ1v) is 21.0.